The van der Waals surface area contributed by atoms with Crippen molar-refractivity contribution in [1.29, 1.82) is 0 Å². The molecular weight excluding hydrogens is 252 g/mol. The lowest BCUT2D eigenvalue weighted by atomic mass is 10.1. The van der Waals surface area contributed by atoms with Gasteiger partial charge in [0.15, 0.2) is 0 Å². The highest BCUT2D eigenvalue weighted by Gasteiger charge is 2.11. The van der Waals surface area contributed by atoms with E-state index in [-0.39, 0.29) is 5.92 Å². The van der Waals surface area contributed by atoms with Gasteiger partial charge in [-0.15, -0.1) is 0 Å². The van der Waals surface area contributed by atoms with Crippen LogP contribution in [0, 0.1) is 5.92 Å². The van der Waals surface area contributed by atoms with Crippen LogP contribution in [0.3, 0.4) is 0 Å². The molecule has 20 heavy (non-hydrogen) atoms. The highest BCUT2D eigenvalue weighted by Crippen LogP contribution is 2.29. The summed E-state index contributed by atoms with van der Waals surface area (Å²) in [6.07, 6.45) is -0.665. The van der Waals surface area contributed by atoms with Crippen LogP contribution in [0.15, 0.2) is 54.6 Å². The maximum atomic E-state index is 11.7. The van der Waals surface area contributed by atoms with E-state index >= 15 is 0 Å². The minimum atomic E-state index is -0.665. The predicted octanol–water partition coefficient (Wildman–Crippen LogP) is 4.53. The van der Waals surface area contributed by atoms with Crippen LogP contribution in [0.1, 0.15) is 13.8 Å². The molecule has 0 saturated heterocycles. The average Bonchev–Trinajstić information content (AvgIpc) is 2.47. The van der Waals surface area contributed by atoms with Gasteiger partial charge >= 0.3 is 6.16 Å². The number of ether oxygens (including phenoxy) is 2. The van der Waals surface area contributed by atoms with Crippen LogP contribution in [0.5, 0.6) is 5.75 Å². The number of hydrogen-bond donors (Lipinski definition) is 0. The van der Waals surface area contributed by atoms with Crippen molar-refractivity contribution < 1.29 is 14.3 Å². The van der Waals surface area contributed by atoms with Crippen molar-refractivity contribution >= 4 is 6.16 Å². The van der Waals surface area contributed by atoms with Crippen molar-refractivity contribution in [2.24, 2.45) is 5.92 Å². The van der Waals surface area contributed by atoms with Crippen LogP contribution in [-0.2, 0) is 4.74 Å². The van der Waals surface area contributed by atoms with Gasteiger partial charge in [-0.2, -0.15) is 0 Å². The van der Waals surface area contributed by atoms with E-state index in [1.54, 1.807) is 6.07 Å². The van der Waals surface area contributed by atoms with Crippen LogP contribution in [-0.4, -0.2) is 12.8 Å². The van der Waals surface area contributed by atoms with E-state index in [1.165, 1.54) is 0 Å². The fourth-order valence-corrected chi connectivity index (χ4v) is 1.77. The zero-order chi connectivity index (χ0) is 14.4. The van der Waals surface area contributed by atoms with Crippen LogP contribution < -0.4 is 4.74 Å². The summed E-state index contributed by atoms with van der Waals surface area (Å²) in [6, 6.07) is 17.2. The third kappa shape index (κ3) is 3.85. The molecule has 104 valence electrons. The minimum Gasteiger partial charge on any atom is -0.434 e. The average molecular weight is 270 g/mol. The molecule has 2 rings (SSSR count). The maximum absolute atomic E-state index is 11.7. The smallest absolute Gasteiger partial charge is 0.434 e. The molecule has 0 aromatic heterocycles. The first-order valence-electron chi connectivity index (χ1n) is 6.66. The van der Waals surface area contributed by atoms with Crippen molar-refractivity contribution in [3.05, 3.63) is 54.6 Å². The molecule has 0 amide bonds. The van der Waals surface area contributed by atoms with Crippen molar-refractivity contribution in [3.8, 4) is 16.9 Å². The number of benzene rings is 2. The van der Waals surface area contributed by atoms with Gasteiger partial charge in [0.1, 0.15) is 5.75 Å². The summed E-state index contributed by atoms with van der Waals surface area (Å²) in [5, 5.41) is 0. The summed E-state index contributed by atoms with van der Waals surface area (Å²) in [5.74, 6) is 0.791. The molecule has 0 aliphatic heterocycles. The first-order chi connectivity index (χ1) is 9.66. The summed E-state index contributed by atoms with van der Waals surface area (Å²) >= 11 is 0. The molecule has 0 radical (unpaired) electrons. The lowest BCUT2D eigenvalue weighted by Gasteiger charge is -2.11. The van der Waals surface area contributed by atoms with Crippen molar-refractivity contribution in [2.45, 2.75) is 13.8 Å². The molecule has 0 unspecified atom stereocenters. The van der Waals surface area contributed by atoms with Gasteiger partial charge in [0.05, 0.1) is 6.61 Å². The molecule has 0 bridgehead atoms. The van der Waals surface area contributed by atoms with E-state index < -0.39 is 6.16 Å². The number of para-hydroxylation sites is 1. The van der Waals surface area contributed by atoms with E-state index in [9.17, 15) is 4.79 Å². The number of rotatable bonds is 4. The number of hydrogen-bond acceptors (Lipinski definition) is 3. The summed E-state index contributed by atoms with van der Waals surface area (Å²) in [5.41, 5.74) is 1.87. The molecule has 0 N–H and O–H groups in total. The Morgan fingerprint density at radius 2 is 1.65 bits per heavy atom. The Morgan fingerprint density at radius 3 is 2.35 bits per heavy atom. The van der Waals surface area contributed by atoms with Crippen molar-refractivity contribution in [2.75, 3.05) is 6.61 Å². The van der Waals surface area contributed by atoms with Gasteiger partial charge in [0, 0.05) is 5.56 Å². The molecule has 0 fully saturated rings. The Balaban J connectivity index is 2.15. The van der Waals surface area contributed by atoms with Crippen LogP contribution in [0.4, 0.5) is 4.79 Å². The Morgan fingerprint density at radius 1 is 1.00 bits per heavy atom. The maximum Gasteiger partial charge on any atom is 0.513 e. The Labute approximate surface area is 119 Å². The second-order valence-corrected chi connectivity index (χ2v) is 4.92. The third-order valence-corrected chi connectivity index (χ3v) is 2.70. The second-order valence-electron chi connectivity index (χ2n) is 4.92. The highest BCUT2D eigenvalue weighted by molar-refractivity contribution is 5.74. The first kappa shape index (κ1) is 14.1. The Bertz CT molecular complexity index is 561. The Kier molecular flexibility index (Phi) is 4.77. The van der Waals surface area contributed by atoms with Gasteiger partial charge in [-0.05, 0) is 17.5 Å². The number of carbonyl (C=O) groups excluding carboxylic acids is 1. The summed E-state index contributed by atoms with van der Waals surface area (Å²) in [7, 11) is 0. The quantitative estimate of drug-likeness (QED) is 0.605. The van der Waals surface area contributed by atoms with Crippen LogP contribution in [0.25, 0.3) is 11.1 Å². The molecule has 0 atom stereocenters. The van der Waals surface area contributed by atoms with Crippen LogP contribution >= 0.6 is 0 Å². The van der Waals surface area contributed by atoms with E-state index in [0.717, 1.165) is 11.1 Å². The van der Waals surface area contributed by atoms with E-state index in [2.05, 4.69) is 0 Å². The lowest BCUT2D eigenvalue weighted by Crippen LogP contribution is -2.14. The van der Waals surface area contributed by atoms with Crippen LogP contribution in [0.2, 0.25) is 0 Å². The lowest BCUT2D eigenvalue weighted by molar-refractivity contribution is 0.0887. The van der Waals surface area contributed by atoms with Gasteiger partial charge in [0.2, 0.25) is 0 Å². The van der Waals surface area contributed by atoms with Gasteiger partial charge in [-0.1, -0.05) is 62.4 Å². The SMILES string of the molecule is CC(C)COC(=O)Oc1ccccc1-c1ccccc1. The number of carbonyl (C=O) groups is 1. The molecule has 2 aromatic rings. The minimum absolute atomic E-state index is 0.284. The van der Waals surface area contributed by atoms with E-state index in [4.69, 9.17) is 9.47 Å². The highest BCUT2D eigenvalue weighted by atomic mass is 16.7. The zero-order valence-electron chi connectivity index (χ0n) is 11.7. The standard InChI is InChI=1S/C17H18O3/c1-13(2)12-19-17(18)20-16-11-7-6-10-15(16)14-8-4-3-5-9-14/h3-11,13H,12H2,1-2H3. The zero-order valence-corrected chi connectivity index (χ0v) is 11.7. The summed E-state index contributed by atoms with van der Waals surface area (Å²) in [6.45, 7) is 4.31. The van der Waals surface area contributed by atoms with Crippen molar-refractivity contribution in [3.63, 3.8) is 0 Å². The molecular formula is C17H18O3. The fraction of sp³-hybridized carbons (Fsp3) is 0.235. The first-order valence-corrected chi connectivity index (χ1v) is 6.66. The van der Waals surface area contributed by atoms with Gasteiger partial charge in [-0.3, -0.25) is 0 Å². The van der Waals surface area contributed by atoms with Gasteiger partial charge in [-0.25, -0.2) is 4.79 Å². The molecule has 3 heteroatoms. The van der Waals surface area contributed by atoms with Gasteiger partial charge < -0.3 is 9.47 Å². The summed E-state index contributed by atoms with van der Waals surface area (Å²) in [4.78, 5) is 11.7. The monoisotopic (exact) mass is 270 g/mol. The topological polar surface area (TPSA) is 35.5 Å². The molecule has 2 aromatic carbocycles. The molecule has 0 aliphatic rings. The van der Waals surface area contributed by atoms with E-state index in [1.807, 2.05) is 62.4 Å². The molecule has 0 spiro atoms. The molecule has 3 nitrogen and oxygen atoms in total. The molecule has 0 saturated carbocycles. The summed E-state index contributed by atoms with van der Waals surface area (Å²) < 4.78 is 10.3. The van der Waals surface area contributed by atoms with E-state index in [0.29, 0.717) is 12.4 Å². The molecule has 0 heterocycles. The Hall–Kier alpha value is -2.29. The second kappa shape index (κ2) is 6.75. The predicted molar refractivity (Wildman–Crippen MR) is 78.7 cm³/mol. The fourth-order valence-electron chi connectivity index (χ4n) is 1.77. The van der Waals surface area contributed by atoms with Crippen molar-refractivity contribution in [1.82, 2.24) is 0 Å². The third-order valence-electron chi connectivity index (χ3n) is 2.70. The normalized spacial score (nSPS) is 10.3. The largest absolute Gasteiger partial charge is 0.513 e. The van der Waals surface area contributed by atoms with Gasteiger partial charge in [0.25, 0.3) is 0 Å². The molecule has 0 aliphatic carbocycles.